The number of rotatable bonds is 5. The van der Waals surface area contributed by atoms with Crippen LogP contribution in [0, 0.1) is 5.82 Å². The fourth-order valence-electron chi connectivity index (χ4n) is 2.32. The monoisotopic (exact) mass is 349 g/mol. The van der Waals surface area contributed by atoms with Crippen LogP contribution in [0.1, 0.15) is 27.8 Å². The van der Waals surface area contributed by atoms with E-state index in [0.29, 0.717) is 16.9 Å². The molecule has 0 saturated heterocycles. The molecule has 0 fully saturated rings. The van der Waals surface area contributed by atoms with Gasteiger partial charge < -0.3 is 10.6 Å². The molecule has 0 spiro atoms. The average molecular weight is 349 g/mol. The van der Waals surface area contributed by atoms with Crippen LogP contribution in [0.2, 0.25) is 0 Å². The number of pyridine rings is 1. The molecule has 1 heterocycles. The summed E-state index contributed by atoms with van der Waals surface area (Å²) in [5.74, 6) is -0.842. The first-order valence-corrected chi connectivity index (χ1v) is 7.92. The maximum Gasteiger partial charge on any atom is 0.274 e. The van der Waals surface area contributed by atoms with Gasteiger partial charge in [0.2, 0.25) is 0 Å². The van der Waals surface area contributed by atoms with Crippen molar-refractivity contribution in [2.24, 2.45) is 0 Å². The number of benzene rings is 2. The van der Waals surface area contributed by atoms with Gasteiger partial charge in [0.1, 0.15) is 11.5 Å². The molecule has 6 heteroatoms. The van der Waals surface area contributed by atoms with E-state index < -0.39 is 11.7 Å². The lowest BCUT2D eigenvalue weighted by Crippen LogP contribution is -2.13. The quantitative estimate of drug-likeness (QED) is 0.669. The Labute approximate surface area is 149 Å². The number of hydrogen-bond acceptors (Lipinski definition) is 4. The number of carbonyl (C=O) groups excluding carboxylic acids is 2. The molecular formula is C20H16FN3O2. The van der Waals surface area contributed by atoms with Crippen molar-refractivity contribution in [3.05, 3.63) is 83.9 Å². The average Bonchev–Trinajstić information content (AvgIpc) is 2.63. The highest BCUT2D eigenvalue weighted by Crippen LogP contribution is 2.17. The highest BCUT2D eigenvalue weighted by atomic mass is 19.1. The van der Waals surface area contributed by atoms with E-state index >= 15 is 0 Å². The fourth-order valence-corrected chi connectivity index (χ4v) is 2.32. The normalized spacial score (nSPS) is 10.2. The first-order valence-electron chi connectivity index (χ1n) is 7.92. The van der Waals surface area contributed by atoms with Gasteiger partial charge in [-0.15, -0.1) is 0 Å². The highest BCUT2D eigenvalue weighted by molar-refractivity contribution is 6.03. The summed E-state index contributed by atoms with van der Waals surface area (Å²) in [5.41, 5.74) is 2.71. The largest absolute Gasteiger partial charge is 0.354 e. The van der Waals surface area contributed by atoms with Gasteiger partial charge in [0.05, 0.1) is 11.9 Å². The Bertz CT molecular complexity index is 938. The third-order valence-corrected chi connectivity index (χ3v) is 3.66. The molecule has 0 atom stereocenters. The van der Waals surface area contributed by atoms with E-state index in [1.54, 1.807) is 42.5 Å². The van der Waals surface area contributed by atoms with Crippen LogP contribution in [0.4, 0.5) is 21.5 Å². The molecule has 26 heavy (non-hydrogen) atoms. The van der Waals surface area contributed by atoms with Crippen molar-refractivity contribution in [1.29, 1.82) is 0 Å². The van der Waals surface area contributed by atoms with Crippen LogP contribution < -0.4 is 10.6 Å². The number of Topliss-reactive ketones (excluding diaryl/α,β-unsaturated/α-hetero) is 1. The van der Waals surface area contributed by atoms with Crippen molar-refractivity contribution in [2.45, 2.75) is 6.92 Å². The molecule has 0 radical (unpaired) electrons. The van der Waals surface area contributed by atoms with Crippen LogP contribution in [0.3, 0.4) is 0 Å². The van der Waals surface area contributed by atoms with E-state index in [9.17, 15) is 14.0 Å². The SMILES string of the molecule is CC(=O)c1ccc(Nc2ccc(C(=O)Nc3cccc(F)c3)nc2)cc1. The molecule has 0 unspecified atom stereocenters. The third kappa shape index (κ3) is 4.30. The third-order valence-electron chi connectivity index (χ3n) is 3.66. The van der Waals surface area contributed by atoms with Crippen molar-refractivity contribution in [1.82, 2.24) is 4.98 Å². The smallest absolute Gasteiger partial charge is 0.274 e. The van der Waals surface area contributed by atoms with Gasteiger partial charge in [-0.25, -0.2) is 9.37 Å². The Kier molecular flexibility index (Phi) is 5.03. The molecule has 2 N–H and O–H groups in total. The highest BCUT2D eigenvalue weighted by Gasteiger charge is 2.08. The second kappa shape index (κ2) is 7.57. The number of aromatic nitrogens is 1. The van der Waals surface area contributed by atoms with Crippen molar-refractivity contribution < 1.29 is 14.0 Å². The molecule has 3 aromatic rings. The molecule has 0 saturated carbocycles. The second-order valence-corrected chi connectivity index (χ2v) is 5.66. The maximum absolute atomic E-state index is 13.2. The van der Waals surface area contributed by atoms with Gasteiger partial charge in [-0.1, -0.05) is 6.07 Å². The van der Waals surface area contributed by atoms with Crippen LogP contribution in [-0.4, -0.2) is 16.7 Å². The van der Waals surface area contributed by atoms with Gasteiger partial charge in [-0.05, 0) is 61.5 Å². The molecule has 3 rings (SSSR count). The van der Waals surface area contributed by atoms with Gasteiger partial charge in [0.15, 0.2) is 5.78 Å². The fraction of sp³-hybridized carbons (Fsp3) is 0.0500. The molecule has 1 aromatic heterocycles. The topological polar surface area (TPSA) is 71.1 Å². The number of hydrogen-bond donors (Lipinski definition) is 2. The van der Waals surface area contributed by atoms with Crippen molar-refractivity contribution in [3.8, 4) is 0 Å². The zero-order chi connectivity index (χ0) is 18.5. The summed E-state index contributed by atoms with van der Waals surface area (Å²) in [6.07, 6.45) is 1.53. The minimum atomic E-state index is -0.425. The summed E-state index contributed by atoms with van der Waals surface area (Å²) in [6, 6.07) is 16.0. The number of ketones is 1. The van der Waals surface area contributed by atoms with Gasteiger partial charge in [0.25, 0.3) is 5.91 Å². The number of anilines is 3. The Morgan fingerprint density at radius 2 is 1.65 bits per heavy atom. The molecule has 1 amide bonds. The Balaban J connectivity index is 1.66. The van der Waals surface area contributed by atoms with Gasteiger partial charge >= 0.3 is 0 Å². The number of nitrogens with zero attached hydrogens (tertiary/aromatic N) is 1. The molecule has 0 aliphatic carbocycles. The number of halogens is 1. The van der Waals surface area contributed by atoms with E-state index in [1.165, 1.54) is 31.3 Å². The Hall–Kier alpha value is -3.54. The molecule has 130 valence electrons. The summed E-state index contributed by atoms with van der Waals surface area (Å²) in [7, 11) is 0. The minimum absolute atomic E-state index is 0.00637. The summed E-state index contributed by atoms with van der Waals surface area (Å²) in [6.45, 7) is 1.51. The lowest BCUT2D eigenvalue weighted by atomic mass is 10.1. The van der Waals surface area contributed by atoms with E-state index in [0.717, 1.165) is 5.69 Å². The molecule has 0 aliphatic heterocycles. The molecule has 5 nitrogen and oxygen atoms in total. The predicted octanol–water partition coefficient (Wildman–Crippen LogP) is 4.42. The van der Waals surface area contributed by atoms with Crippen molar-refractivity contribution in [3.63, 3.8) is 0 Å². The number of carbonyl (C=O) groups is 2. The van der Waals surface area contributed by atoms with E-state index in [1.807, 2.05) is 0 Å². The lowest BCUT2D eigenvalue weighted by Gasteiger charge is -2.08. The van der Waals surface area contributed by atoms with Crippen LogP contribution in [0.5, 0.6) is 0 Å². The first kappa shape index (κ1) is 17.3. The van der Waals surface area contributed by atoms with Gasteiger partial charge in [0, 0.05) is 16.9 Å². The van der Waals surface area contributed by atoms with Crippen molar-refractivity contribution in [2.75, 3.05) is 10.6 Å². The van der Waals surface area contributed by atoms with Crippen LogP contribution in [-0.2, 0) is 0 Å². The molecule has 0 bridgehead atoms. The minimum Gasteiger partial charge on any atom is -0.354 e. The summed E-state index contributed by atoms with van der Waals surface area (Å²) in [5, 5.41) is 5.73. The van der Waals surface area contributed by atoms with Crippen molar-refractivity contribution >= 4 is 28.8 Å². The van der Waals surface area contributed by atoms with Gasteiger partial charge in [-0.3, -0.25) is 9.59 Å². The molecular weight excluding hydrogens is 333 g/mol. The number of nitrogens with one attached hydrogen (secondary N) is 2. The zero-order valence-corrected chi connectivity index (χ0v) is 14.0. The summed E-state index contributed by atoms with van der Waals surface area (Å²) < 4.78 is 13.2. The zero-order valence-electron chi connectivity index (χ0n) is 14.0. The summed E-state index contributed by atoms with van der Waals surface area (Å²) in [4.78, 5) is 27.5. The van der Waals surface area contributed by atoms with Crippen LogP contribution in [0.15, 0.2) is 66.9 Å². The standard InChI is InChI=1S/C20H16FN3O2/c1-13(25)14-5-7-16(8-6-14)23-18-9-10-19(22-12-18)20(26)24-17-4-2-3-15(21)11-17/h2-12,23H,1H3,(H,24,26). The maximum atomic E-state index is 13.2. The molecule has 2 aromatic carbocycles. The van der Waals surface area contributed by atoms with Crippen LogP contribution in [0.25, 0.3) is 0 Å². The van der Waals surface area contributed by atoms with Crippen LogP contribution >= 0.6 is 0 Å². The second-order valence-electron chi connectivity index (χ2n) is 5.66. The molecule has 0 aliphatic rings. The first-order chi connectivity index (χ1) is 12.5. The predicted molar refractivity (Wildman–Crippen MR) is 98.3 cm³/mol. The van der Waals surface area contributed by atoms with E-state index in [2.05, 4.69) is 15.6 Å². The van der Waals surface area contributed by atoms with Gasteiger partial charge in [-0.2, -0.15) is 0 Å². The number of amides is 1. The Morgan fingerprint density at radius 3 is 2.27 bits per heavy atom. The lowest BCUT2D eigenvalue weighted by molar-refractivity contribution is 0.101. The van der Waals surface area contributed by atoms with E-state index in [-0.39, 0.29) is 11.5 Å². The summed E-state index contributed by atoms with van der Waals surface area (Å²) >= 11 is 0. The van der Waals surface area contributed by atoms with E-state index in [4.69, 9.17) is 0 Å². The Morgan fingerprint density at radius 1 is 0.923 bits per heavy atom.